The maximum atomic E-state index is 9.61. The van der Waals surface area contributed by atoms with Crippen molar-refractivity contribution >= 4 is 0 Å². The smallest absolute Gasteiger partial charge is 0.109 e. The Labute approximate surface area is 112 Å². The van der Waals surface area contributed by atoms with Crippen LogP contribution in [0.5, 0.6) is 0 Å². The van der Waals surface area contributed by atoms with E-state index in [9.17, 15) is 5.26 Å². The molecule has 18 heavy (non-hydrogen) atoms. The van der Waals surface area contributed by atoms with Crippen LogP contribution < -0.4 is 5.32 Å². The summed E-state index contributed by atoms with van der Waals surface area (Å²) >= 11 is 0. The molecule has 2 unspecified atom stereocenters. The Morgan fingerprint density at radius 1 is 1.39 bits per heavy atom. The lowest BCUT2D eigenvalue weighted by molar-refractivity contribution is 0.221. The van der Waals surface area contributed by atoms with Crippen molar-refractivity contribution < 1.29 is 0 Å². The van der Waals surface area contributed by atoms with Crippen LogP contribution in [0.4, 0.5) is 0 Å². The standard InChI is InChI=1S/C15H27N3/c1-12(2)18(3)10-8-13-5-4-9-15(13,11-16)17-14-6-7-14/h12-14,17H,4-10H2,1-3H3. The number of hydrogen-bond donors (Lipinski definition) is 1. The van der Waals surface area contributed by atoms with E-state index in [1.165, 1.54) is 25.7 Å². The second-order valence-electron chi connectivity index (χ2n) is 6.45. The van der Waals surface area contributed by atoms with Gasteiger partial charge in [-0.3, -0.25) is 5.32 Å². The predicted molar refractivity (Wildman–Crippen MR) is 74.2 cm³/mol. The van der Waals surface area contributed by atoms with Gasteiger partial charge < -0.3 is 4.90 Å². The summed E-state index contributed by atoms with van der Waals surface area (Å²) in [6.45, 7) is 5.57. The molecule has 0 aromatic carbocycles. The van der Waals surface area contributed by atoms with E-state index in [4.69, 9.17) is 0 Å². The molecule has 2 rings (SSSR count). The van der Waals surface area contributed by atoms with Gasteiger partial charge in [-0.15, -0.1) is 0 Å². The van der Waals surface area contributed by atoms with E-state index in [2.05, 4.69) is 37.2 Å². The molecule has 0 heterocycles. The van der Waals surface area contributed by atoms with Gasteiger partial charge in [0.1, 0.15) is 5.54 Å². The monoisotopic (exact) mass is 249 g/mol. The Bertz CT molecular complexity index is 316. The highest BCUT2D eigenvalue weighted by molar-refractivity contribution is 5.16. The fraction of sp³-hybridized carbons (Fsp3) is 0.933. The second kappa shape index (κ2) is 5.59. The van der Waals surface area contributed by atoms with Crippen molar-refractivity contribution in [2.75, 3.05) is 13.6 Å². The molecule has 2 saturated carbocycles. The molecule has 1 N–H and O–H groups in total. The van der Waals surface area contributed by atoms with Gasteiger partial charge >= 0.3 is 0 Å². The number of nitrogens with zero attached hydrogens (tertiary/aromatic N) is 2. The van der Waals surface area contributed by atoms with Crippen molar-refractivity contribution in [2.45, 2.75) is 70.0 Å². The van der Waals surface area contributed by atoms with Crippen LogP contribution in [-0.2, 0) is 0 Å². The van der Waals surface area contributed by atoms with Crippen LogP contribution in [0.25, 0.3) is 0 Å². The fourth-order valence-corrected chi connectivity index (χ4v) is 3.05. The van der Waals surface area contributed by atoms with Crippen molar-refractivity contribution in [3.05, 3.63) is 0 Å². The van der Waals surface area contributed by atoms with Crippen LogP contribution in [0.3, 0.4) is 0 Å². The molecule has 102 valence electrons. The lowest BCUT2D eigenvalue weighted by Gasteiger charge is -2.32. The first-order valence-electron chi connectivity index (χ1n) is 7.46. The van der Waals surface area contributed by atoms with Crippen molar-refractivity contribution in [3.8, 4) is 6.07 Å². The minimum atomic E-state index is -0.209. The maximum Gasteiger partial charge on any atom is 0.109 e. The molecule has 3 nitrogen and oxygen atoms in total. The lowest BCUT2D eigenvalue weighted by atomic mass is 9.85. The average Bonchev–Trinajstić information content (AvgIpc) is 3.06. The minimum Gasteiger partial charge on any atom is -0.304 e. The van der Waals surface area contributed by atoms with Crippen LogP contribution in [0.2, 0.25) is 0 Å². The van der Waals surface area contributed by atoms with Crippen molar-refractivity contribution in [1.82, 2.24) is 10.2 Å². The number of nitrogens with one attached hydrogen (secondary N) is 1. The Balaban J connectivity index is 1.91. The normalized spacial score (nSPS) is 32.1. The minimum absolute atomic E-state index is 0.209. The molecule has 0 aromatic heterocycles. The van der Waals surface area contributed by atoms with E-state index < -0.39 is 0 Å². The highest BCUT2D eigenvalue weighted by Gasteiger charge is 2.45. The van der Waals surface area contributed by atoms with Gasteiger partial charge in [0.05, 0.1) is 6.07 Å². The first kappa shape index (κ1) is 13.8. The molecule has 0 aliphatic heterocycles. The highest BCUT2D eigenvalue weighted by atomic mass is 15.1. The molecule has 0 aromatic rings. The topological polar surface area (TPSA) is 39.1 Å². The summed E-state index contributed by atoms with van der Waals surface area (Å²) in [5.41, 5.74) is -0.209. The summed E-state index contributed by atoms with van der Waals surface area (Å²) in [5, 5.41) is 13.3. The summed E-state index contributed by atoms with van der Waals surface area (Å²) in [7, 11) is 2.18. The van der Waals surface area contributed by atoms with Gasteiger partial charge in [0, 0.05) is 12.1 Å². The highest BCUT2D eigenvalue weighted by Crippen LogP contribution is 2.40. The predicted octanol–water partition coefficient (Wildman–Crippen LogP) is 2.53. The lowest BCUT2D eigenvalue weighted by Crippen LogP contribution is -2.49. The van der Waals surface area contributed by atoms with Crippen molar-refractivity contribution in [1.29, 1.82) is 5.26 Å². The first-order valence-corrected chi connectivity index (χ1v) is 7.46. The number of nitriles is 1. The first-order chi connectivity index (χ1) is 8.57. The van der Waals surface area contributed by atoms with E-state index in [1.54, 1.807) is 0 Å². The SMILES string of the molecule is CC(C)N(C)CCC1CCCC1(C#N)NC1CC1. The molecule has 0 amide bonds. The summed E-state index contributed by atoms with van der Waals surface area (Å²) in [5.74, 6) is 0.546. The Morgan fingerprint density at radius 2 is 2.11 bits per heavy atom. The van der Waals surface area contributed by atoms with Gasteiger partial charge in [0.2, 0.25) is 0 Å². The van der Waals surface area contributed by atoms with Crippen LogP contribution >= 0.6 is 0 Å². The van der Waals surface area contributed by atoms with Crippen LogP contribution in [0.15, 0.2) is 0 Å². The molecule has 0 bridgehead atoms. The molecule has 2 atom stereocenters. The summed E-state index contributed by atoms with van der Waals surface area (Å²) in [6.07, 6.45) is 7.17. The molecule has 2 aliphatic rings. The van der Waals surface area contributed by atoms with Gasteiger partial charge in [0.25, 0.3) is 0 Å². The van der Waals surface area contributed by atoms with Crippen LogP contribution in [0, 0.1) is 17.2 Å². The number of hydrogen-bond acceptors (Lipinski definition) is 3. The Morgan fingerprint density at radius 3 is 2.67 bits per heavy atom. The summed E-state index contributed by atoms with van der Waals surface area (Å²) in [4.78, 5) is 2.39. The Hall–Kier alpha value is -0.590. The van der Waals surface area contributed by atoms with E-state index in [1.807, 2.05) is 0 Å². The molecule has 2 fully saturated rings. The summed E-state index contributed by atoms with van der Waals surface area (Å²) in [6, 6.07) is 3.85. The van der Waals surface area contributed by atoms with Crippen LogP contribution in [0.1, 0.15) is 52.4 Å². The number of rotatable bonds is 6. The maximum absolute atomic E-state index is 9.61. The third-order valence-electron chi connectivity index (χ3n) is 4.77. The van der Waals surface area contributed by atoms with Gasteiger partial charge in [-0.1, -0.05) is 6.42 Å². The van der Waals surface area contributed by atoms with Gasteiger partial charge in [0.15, 0.2) is 0 Å². The van der Waals surface area contributed by atoms with Crippen molar-refractivity contribution in [2.24, 2.45) is 5.92 Å². The van der Waals surface area contributed by atoms with Crippen LogP contribution in [-0.4, -0.2) is 36.1 Å². The molecular formula is C15H27N3. The van der Waals surface area contributed by atoms with E-state index in [-0.39, 0.29) is 5.54 Å². The van der Waals surface area contributed by atoms with Gasteiger partial charge in [-0.25, -0.2) is 0 Å². The van der Waals surface area contributed by atoms with Gasteiger partial charge in [-0.2, -0.15) is 5.26 Å². The zero-order valence-corrected chi connectivity index (χ0v) is 12.1. The van der Waals surface area contributed by atoms with Gasteiger partial charge in [-0.05, 0) is 65.5 Å². The van der Waals surface area contributed by atoms with Crippen molar-refractivity contribution in [3.63, 3.8) is 0 Å². The third kappa shape index (κ3) is 3.05. The van der Waals surface area contributed by atoms with E-state index in [0.29, 0.717) is 18.0 Å². The Kier molecular flexibility index (Phi) is 4.29. The van der Waals surface area contributed by atoms with E-state index >= 15 is 0 Å². The molecule has 0 spiro atoms. The largest absolute Gasteiger partial charge is 0.304 e. The van der Waals surface area contributed by atoms with E-state index in [0.717, 1.165) is 19.4 Å². The fourth-order valence-electron chi connectivity index (χ4n) is 3.05. The summed E-state index contributed by atoms with van der Waals surface area (Å²) < 4.78 is 0. The molecular weight excluding hydrogens is 222 g/mol. The molecule has 0 saturated heterocycles. The third-order valence-corrected chi connectivity index (χ3v) is 4.77. The molecule has 3 heteroatoms. The average molecular weight is 249 g/mol. The quantitative estimate of drug-likeness (QED) is 0.786. The second-order valence-corrected chi connectivity index (χ2v) is 6.45. The zero-order chi connectivity index (χ0) is 13.2. The zero-order valence-electron chi connectivity index (χ0n) is 12.1. The molecule has 2 aliphatic carbocycles. The molecule has 0 radical (unpaired) electrons.